The number of amides is 1. The number of hydrogen-bond donors (Lipinski definition) is 0. The first kappa shape index (κ1) is 8.81. The molecule has 1 amide bonds. The van der Waals surface area contributed by atoms with Crippen molar-refractivity contribution in [3.8, 4) is 0 Å². The van der Waals surface area contributed by atoms with Gasteiger partial charge in [-0.3, -0.25) is 4.90 Å². The number of carbonyl (C=O) groups excluding carboxylic acids is 1. The Balaban J connectivity index is 2.03. The van der Waals surface area contributed by atoms with E-state index < -0.39 is 0 Å². The van der Waals surface area contributed by atoms with Crippen LogP contribution in [-0.2, 0) is 4.74 Å². The van der Waals surface area contributed by atoms with Crippen LogP contribution in [0.15, 0.2) is 36.5 Å². The third-order valence-electron chi connectivity index (χ3n) is 2.04. The summed E-state index contributed by atoms with van der Waals surface area (Å²) < 4.78 is 4.79. The molecule has 0 spiro atoms. The maximum Gasteiger partial charge on any atom is 0.413 e. The SMILES string of the molecule is O=C1OCCN1/C=C/c1ccccc1. The quantitative estimate of drug-likeness (QED) is 0.713. The zero-order valence-electron chi connectivity index (χ0n) is 7.72. The highest BCUT2D eigenvalue weighted by Crippen LogP contribution is 2.07. The van der Waals surface area contributed by atoms with E-state index >= 15 is 0 Å². The lowest BCUT2D eigenvalue weighted by atomic mass is 10.2. The Bertz CT molecular complexity index is 346. The summed E-state index contributed by atoms with van der Waals surface area (Å²) in [6, 6.07) is 9.85. The van der Waals surface area contributed by atoms with Gasteiger partial charge in [-0.15, -0.1) is 0 Å². The summed E-state index contributed by atoms with van der Waals surface area (Å²) in [5, 5.41) is 0. The van der Waals surface area contributed by atoms with Crippen LogP contribution in [0.25, 0.3) is 6.08 Å². The predicted octanol–water partition coefficient (Wildman–Crippen LogP) is 2.11. The predicted molar refractivity (Wildman–Crippen MR) is 53.5 cm³/mol. The van der Waals surface area contributed by atoms with Gasteiger partial charge in [0.05, 0.1) is 6.54 Å². The van der Waals surface area contributed by atoms with Crippen LogP contribution in [0.1, 0.15) is 5.56 Å². The first-order chi connectivity index (χ1) is 6.86. The fourth-order valence-electron chi connectivity index (χ4n) is 1.28. The van der Waals surface area contributed by atoms with Gasteiger partial charge in [0, 0.05) is 6.20 Å². The highest BCUT2D eigenvalue weighted by Gasteiger charge is 2.18. The zero-order valence-corrected chi connectivity index (χ0v) is 7.72. The minimum absolute atomic E-state index is 0.266. The number of rotatable bonds is 2. The molecule has 1 fully saturated rings. The van der Waals surface area contributed by atoms with Crippen molar-refractivity contribution in [1.29, 1.82) is 0 Å². The Morgan fingerprint density at radius 1 is 1.29 bits per heavy atom. The lowest BCUT2D eigenvalue weighted by molar-refractivity contribution is 0.166. The van der Waals surface area contributed by atoms with Crippen molar-refractivity contribution < 1.29 is 9.53 Å². The average molecular weight is 189 g/mol. The molecule has 0 unspecified atom stereocenters. The molecule has 2 rings (SSSR count). The Hall–Kier alpha value is -1.77. The monoisotopic (exact) mass is 189 g/mol. The third-order valence-corrected chi connectivity index (χ3v) is 2.04. The van der Waals surface area contributed by atoms with Gasteiger partial charge in [0.15, 0.2) is 0 Å². The van der Waals surface area contributed by atoms with Gasteiger partial charge in [0.2, 0.25) is 0 Å². The molecule has 72 valence electrons. The normalized spacial score (nSPS) is 16.3. The summed E-state index contributed by atoms with van der Waals surface area (Å²) in [5.74, 6) is 0. The molecule has 1 heterocycles. The van der Waals surface area contributed by atoms with Gasteiger partial charge < -0.3 is 4.74 Å². The molecule has 0 radical (unpaired) electrons. The Morgan fingerprint density at radius 2 is 2.07 bits per heavy atom. The minimum atomic E-state index is -0.266. The Labute approximate surface area is 82.6 Å². The van der Waals surface area contributed by atoms with Crippen LogP contribution in [0, 0.1) is 0 Å². The van der Waals surface area contributed by atoms with E-state index in [2.05, 4.69) is 0 Å². The third kappa shape index (κ3) is 1.93. The average Bonchev–Trinajstić information content (AvgIpc) is 2.63. The number of hydrogen-bond acceptors (Lipinski definition) is 2. The number of ether oxygens (including phenoxy) is 1. The number of nitrogens with zero attached hydrogens (tertiary/aromatic N) is 1. The lowest BCUT2D eigenvalue weighted by Crippen LogP contribution is -2.16. The Kier molecular flexibility index (Phi) is 2.49. The Morgan fingerprint density at radius 3 is 2.71 bits per heavy atom. The fraction of sp³-hybridized carbons (Fsp3) is 0.182. The van der Waals surface area contributed by atoms with Crippen molar-refractivity contribution in [3.05, 3.63) is 42.1 Å². The summed E-state index contributed by atoms with van der Waals surface area (Å²) >= 11 is 0. The van der Waals surface area contributed by atoms with E-state index in [4.69, 9.17) is 4.74 Å². The molecule has 1 aromatic rings. The van der Waals surface area contributed by atoms with Crippen molar-refractivity contribution in [2.24, 2.45) is 0 Å². The van der Waals surface area contributed by atoms with Gasteiger partial charge in [-0.1, -0.05) is 30.3 Å². The zero-order chi connectivity index (χ0) is 9.80. The number of cyclic esters (lactones) is 1. The standard InChI is InChI=1S/C11H11NO2/c13-11-12(8-9-14-11)7-6-10-4-2-1-3-5-10/h1-7H,8-9H2/b7-6+. The van der Waals surface area contributed by atoms with Gasteiger partial charge >= 0.3 is 6.09 Å². The van der Waals surface area contributed by atoms with E-state index in [-0.39, 0.29) is 6.09 Å². The largest absolute Gasteiger partial charge is 0.447 e. The first-order valence-corrected chi connectivity index (χ1v) is 4.53. The molecule has 0 saturated carbocycles. The van der Waals surface area contributed by atoms with Gasteiger partial charge in [0.25, 0.3) is 0 Å². The molecule has 3 heteroatoms. The summed E-state index contributed by atoms with van der Waals surface area (Å²) in [6.45, 7) is 1.13. The van der Waals surface area contributed by atoms with Crippen LogP contribution in [0.4, 0.5) is 4.79 Å². The molecule has 14 heavy (non-hydrogen) atoms. The molecule has 1 saturated heterocycles. The van der Waals surface area contributed by atoms with Crippen molar-refractivity contribution >= 4 is 12.2 Å². The maximum atomic E-state index is 11.0. The molecule has 1 aliphatic rings. The van der Waals surface area contributed by atoms with E-state index in [0.717, 1.165) is 5.56 Å². The van der Waals surface area contributed by atoms with Crippen molar-refractivity contribution in [2.75, 3.05) is 13.2 Å². The van der Waals surface area contributed by atoms with Crippen LogP contribution in [0.3, 0.4) is 0 Å². The second-order valence-electron chi connectivity index (χ2n) is 3.03. The lowest BCUT2D eigenvalue weighted by Gasteiger charge is -2.04. The van der Waals surface area contributed by atoms with Gasteiger partial charge in [0.1, 0.15) is 6.61 Å². The van der Waals surface area contributed by atoms with Crippen molar-refractivity contribution in [1.82, 2.24) is 4.90 Å². The van der Waals surface area contributed by atoms with Crippen LogP contribution >= 0.6 is 0 Å². The van der Waals surface area contributed by atoms with E-state index in [0.29, 0.717) is 13.2 Å². The summed E-state index contributed by atoms with van der Waals surface area (Å²) in [5.41, 5.74) is 1.08. The molecule has 0 atom stereocenters. The van der Waals surface area contributed by atoms with E-state index in [1.54, 1.807) is 11.1 Å². The number of benzene rings is 1. The smallest absolute Gasteiger partial charge is 0.413 e. The first-order valence-electron chi connectivity index (χ1n) is 4.53. The van der Waals surface area contributed by atoms with E-state index in [9.17, 15) is 4.79 Å². The van der Waals surface area contributed by atoms with Crippen molar-refractivity contribution in [3.63, 3.8) is 0 Å². The van der Waals surface area contributed by atoms with Gasteiger partial charge in [-0.05, 0) is 11.6 Å². The van der Waals surface area contributed by atoms with E-state index in [1.165, 1.54) is 0 Å². The highest BCUT2D eigenvalue weighted by atomic mass is 16.6. The van der Waals surface area contributed by atoms with Gasteiger partial charge in [-0.25, -0.2) is 4.79 Å². The summed E-state index contributed by atoms with van der Waals surface area (Å²) in [7, 11) is 0. The molecular formula is C11H11NO2. The second kappa shape index (κ2) is 3.96. The molecule has 3 nitrogen and oxygen atoms in total. The van der Waals surface area contributed by atoms with Gasteiger partial charge in [-0.2, -0.15) is 0 Å². The van der Waals surface area contributed by atoms with Crippen LogP contribution in [0.5, 0.6) is 0 Å². The molecule has 1 aliphatic heterocycles. The maximum absolute atomic E-state index is 11.0. The minimum Gasteiger partial charge on any atom is -0.447 e. The van der Waals surface area contributed by atoms with Crippen LogP contribution in [0.2, 0.25) is 0 Å². The molecule has 0 aromatic heterocycles. The molecular weight excluding hydrogens is 178 g/mol. The molecule has 1 aromatic carbocycles. The molecule has 0 bridgehead atoms. The fourth-order valence-corrected chi connectivity index (χ4v) is 1.28. The molecule has 0 N–H and O–H groups in total. The van der Waals surface area contributed by atoms with Crippen LogP contribution < -0.4 is 0 Å². The van der Waals surface area contributed by atoms with Crippen LogP contribution in [-0.4, -0.2) is 24.1 Å². The van der Waals surface area contributed by atoms with E-state index in [1.807, 2.05) is 36.4 Å². The number of carbonyl (C=O) groups is 1. The summed E-state index contributed by atoms with van der Waals surface area (Å²) in [6.07, 6.45) is 3.38. The highest BCUT2D eigenvalue weighted by molar-refractivity contribution is 5.71. The molecule has 0 aliphatic carbocycles. The summed E-state index contributed by atoms with van der Waals surface area (Å²) in [4.78, 5) is 12.6. The van der Waals surface area contributed by atoms with Crippen molar-refractivity contribution in [2.45, 2.75) is 0 Å². The second-order valence-corrected chi connectivity index (χ2v) is 3.03. The topological polar surface area (TPSA) is 29.5 Å².